The summed E-state index contributed by atoms with van der Waals surface area (Å²) >= 11 is 0. The largest absolute Gasteiger partial charge is 0.481 e. The number of fused-ring (bicyclic) bond motifs is 6. The number of benzene rings is 3. The molecule has 0 radical (unpaired) electrons. The first-order valence-corrected chi connectivity index (χ1v) is 16.6. The van der Waals surface area contributed by atoms with Crippen LogP contribution in [-0.4, -0.2) is 52.3 Å². The number of hydrogen-bond acceptors (Lipinski definition) is 5. The summed E-state index contributed by atoms with van der Waals surface area (Å²) in [4.78, 5) is 41.4. The zero-order valence-electron chi connectivity index (χ0n) is 28.7. The Morgan fingerprint density at radius 2 is 1.59 bits per heavy atom. The van der Waals surface area contributed by atoms with Crippen LogP contribution < -0.4 is 15.6 Å². The average molecular weight is 804 g/mol. The van der Waals surface area contributed by atoms with Gasteiger partial charge in [-0.3, -0.25) is 23.9 Å². The van der Waals surface area contributed by atoms with E-state index in [1.807, 2.05) is 0 Å². The molecule has 4 aromatic rings. The van der Waals surface area contributed by atoms with Crippen molar-refractivity contribution in [2.45, 2.75) is 56.5 Å². The third-order valence-electron chi connectivity index (χ3n) is 9.40. The van der Waals surface area contributed by atoms with Gasteiger partial charge in [-0.25, -0.2) is 8.78 Å². The molecule has 4 bridgehead atoms. The van der Waals surface area contributed by atoms with Crippen LogP contribution in [0, 0.1) is 12.7 Å². The zero-order chi connectivity index (χ0) is 41.1. The molecule has 0 unspecified atom stereocenters. The van der Waals surface area contributed by atoms with Crippen LogP contribution in [-0.2, 0) is 34.5 Å². The Morgan fingerprint density at radius 1 is 0.911 bits per heavy atom. The van der Waals surface area contributed by atoms with Gasteiger partial charge in [-0.15, -0.1) is 0 Å². The van der Waals surface area contributed by atoms with Gasteiger partial charge < -0.3 is 15.2 Å². The van der Waals surface area contributed by atoms with E-state index in [9.17, 15) is 63.4 Å². The van der Waals surface area contributed by atoms with Crippen molar-refractivity contribution >= 4 is 11.9 Å². The molecule has 0 saturated carbocycles. The minimum Gasteiger partial charge on any atom is -0.481 e. The molecule has 3 heterocycles. The Kier molecular flexibility index (Phi) is 10.5. The fraction of sp³-hybridized carbons (Fsp3) is 0.324. The zero-order valence-corrected chi connectivity index (χ0v) is 28.7. The maximum absolute atomic E-state index is 16.0. The summed E-state index contributed by atoms with van der Waals surface area (Å²) in [6.45, 7) is 0.884. The summed E-state index contributed by atoms with van der Waals surface area (Å²) in [6, 6.07) is 2.65. The van der Waals surface area contributed by atoms with E-state index in [1.54, 1.807) is 0 Å². The maximum Gasteiger partial charge on any atom is 0.419 e. The number of aromatic nitrogens is 1. The SMILES string of the molecule is Cc1cc(C(F)(F)F)cc2c1-c1cc(c(F)c(C(F)(F)F)c1)[C@H](CC(=O)O)NC(=O)[C@@H](n1cc(CCN3CC(F)C3)c(C(F)(F)F)cc1=O)c1cccc(c1)O2. The number of nitrogens with one attached hydrogen (secondary N) is 1. The minimum absolute atomic E-state index is 0.0648. The molecule has 2 aliphatic rings. The number of likely N-dealkylation sites (tertiary alicyclic amines) is 1. The molecule has 8 nitrogen and oxygen atoms in total. The Balaban J connectivity index is 1.63. The standard InChI is InChI=1S/C37H28F11N3O5/c1-17-7-21(35(40,41)42)11-28-31(17)20-9-24(32(39)26(10-20)37(46,47)48)27(13-30(53)54)49-34(55)33(18-3-2-4-23(8-18)56-28)51-14-19(5-6-50-15-22(38)16-50)25(12-29(51)52)36(43,44)45/h2-4,7-12,14,22,27,33H,5-6,13,15-16H2,1H3,(H,49,55)(H,53,54)/t27-,33-/m0/s1. The number of halogens is 11. The van der Waals surface area contributed by atoms with Crippen LogP contribution in [0.3, 0.4) is 0 Å². The normalized spacial score (nSPS) is 18.1. The van der Waals surface area contributed by atoms with Crippen molar-refractivity contribution in [1.82, 2.24) is 14.8 Å². The van der Waals surface area contributed by atoms with Gasteiger partial charge in [-0.05, 0) is 72.0 Å². The van der Waals surface area contributed by atoms with Crippen LogP contribution in [0.15, 0.2) is 65.6 Å². The number of carboxylic acids is 1. The molecule has 56 heavy (non-hydrogen) atoms. The quantitative estimate of drug-likeness (QED) is 0.191. The van der Waals surface area contributed by atoms with Crippen LogP contribution in [0.25, 0.3) is 11.1 Å². The highest BCUT2D eigenvalue weighted by molar-refractivity contribution is 5.85. The predicted octanol–water partition coefficient (Wildman–Crippen LogP) is 8.24. The van der Waals surface area contributed by atoms with E-state index >= 15 is 4.39 Å². The Bertz CT molecular complexity index is 2260. The van der Waals surface area contributed by atoms with Crippen molar-refractivity contribution in [3.8, 4) is 22.6 Å². The number of carbonyl (C=O) groups is 2. The molecule has 1 amide bonds. The van der Waals surface area contributed by atoms with E-state index in [-0.39, 0.29) is 48.6 Å². The van der Waals surface area contributed by atoms with Crippen molar-refractivity contribution in [3.05, 3.63) is 116 Å². The number of nitrogens with zero attached hydrogens (tertiary/aromatic N) is 2. The predicted molar refractivity (Wildman–Crippen MR) is 175 cm³/mol. The maximum atomic E-state index is 16.0. The molecule has 2 aliphatic heterocycles. The number of alkyl halides is 10. The first-order chi connectivity index (χ1) is 26.0. The molecule has 298 valence electrons. The van der Waals surface area contributed by atoms with Gasteiger partial charge in [-0.1, -0.05) is 12.1 Å². The van der Waals surface area contributed by atoms with Crippen LogP contribution in [0.2, 0.25) is 0 Å². The monoisotopic (exact) mass is 803 g/mol. The van der Waals surface area contributed by atoms with Crippen LogP contribution in [0.5, 0.6) is 11.5 Å². The molecule has 0 aliphatic carbocycles. The smallest absolute Gasteiger partial charge is 0.419 e. The third-order valence-corrected chi connectivity index (χ3v) is 9.40. The second-order valence-corrected chi connectivity index (χ2v) is 13.4. The van der Waals surface area contributed by atoms with Gasteiger partial charge in [0.05, 0.1) is 29.2 Å². The van der Waals surface area contributed by atoms with Crippen molar-refractivity contribution in [2.24, 2.45) is 0 Å². The van der Waals surface area contributed by atoms with Crippen LogP contribution in [0.1, 0.15) is 57.4 Å². The van der Waals surface area contributed by atoms with Crippen molar-refractivity contribution in [2.75, 3.05) is 19.6 Å². The molecule has 3 aromatic carbocycles. The molecule has 2 atom stereocenters. The molecule has 1 fully saturated rings. The van der Waals surface area contributed by atoms with E-state index in [2.05, 4.69) is 5.32 Å². The highest BCUT2D eigenvalue weighted by Crippen LogP contribution is 2.45. The van der Waals surface area contributed by atoms with Gasteiger partial charge in [0.15, 0.2) is 0 Å². The first kappa shape index (κ1) is 40.2. The molecule has 19 heteroatoms. The summed E-state index contributed by atoms with van der Waals surface area (Å²) in [6.07, 6.45) is -17.7. The molecule has 6 rings (SSSR count). The Hall–Kier alpha value is -5.46. The second kappa shape index (κ2) is 14.6. The molecule has 0 spiro atoms. The molecular weight excluding hydrogens is 775 g/mol. The lowest BCUT2D eigenvalue weighted by Crippen LogP contribution is -2.49. The summed E-state index contributed by atoms with van der Waals surface area (Å²) in [7, 11) is 0. The first-order valence-electron chi connectivity index (χ1n) is 16.6. The van der Waals surface area contributed by atoms with Gasteiger partial charge in [0.2, 0.25) is 5.91 Å². The van der Waals surface area contributed by atoms with E-state index < -0.39 is 118 Å². The number of aliphatic carboxylic acids is 1. The van der Waals surface area contributed by atoms with Crippen molar-refractivity contribution in [1.29, 1.82) is 0 Å². The molecule has 2 N–H and O–H groups in total. The summed E-state index contributed by atoms with van der Waals surface area (Å²) in [5.74, 6) is -6.24. The molecule has 1 saturated heterocycles. The summed E-state index contributed by atoms with van der Waals surface area (Å²) < 4.78 is 164. The van der Waals surface area contributed by atoms with E-state index in [0.29, 0.717) is 29.0 Å². The molecular formula is C37H28F11N3O5. The topological polar surface area (TPSA) is 101 Å². The Labute approximate surface area is 309 Å². The van der Waals surface area contributed by atoms with Gasteiger partial charge in [0, 0.05) is 43.0 Å². The van der Waals surface area contributed by atoms with Gasteiger partial charge >= 0.3 is 24.5 Å². The summed E-state index contributed by atoms with van der Waals surface area (Å²) in [5, 5.41) is 11.9. The van der Waals surface area contributed by atoms with Crippen molar-refractivity contribution < 1.29 is 67.7 Å². The fourth-order valence-electron chi connectivity index (χ4n) is 6.82. The lowest BCUT2D eigenvalue weighted by atomic mass is 9.90. The number of hydrogen-bond donors (Lipinski definition) is 2. The van der Waals surface area contributed by atoms with Gasteiger partial charge in [0.25, 0.3) is 5.56 Å². The summed E-state index contributed by atoms with van der Waals surface area (Å²) in [5.41, 5.74) is -9.20. The number of carboxylic acid groups (broad SMARTS) is 1. The fourth-order valence-corrected chi connectivity index (χ4v) is 6.82. The minimum atomic E-state index is -5.47. The Morgan fingerprint density at radius 3 is 2.20 bits per heavy atom. The van der Waals surface area contributed by atoms with Crippen molar-refractivity contribution in [3.63, 3.8) is 0 Å². The highest BCUT2D eigenvalue weighted by Gasteiger charge is 2.40. The number of rotatable bonds is 6. The van der Waals surface area contributed by atoms with E-state index in [0.717, 1.165) is 13.0 Å². The number of ether oxygens (including phenoxy) is 1. The number of pyridine rings is 1. The number of amides is 1. The van der Waals surface area contributed by atoms with E-state index in [4.69, 9.17) is 4.74 Å². The van der Waals surface area contributed by atoms with E-state index in [1.165, 1.54) is 23.1 Å². The third kappa shape index (κ3) is 8.22. The lowest BCUT2D eigenvalue weighted by molar-refractivity contribution is -0.140. The number of aryl methyl sites for hydroxylation is 1. The highest BCUT2D eigenvalue weighted by atomic mass is 19.4. The average Bonchev–Trinajstić information content (AvgIpc) is 3.05. The molecule has 1 aromatic heterocycles. The second-order valence-electron chi connectivity index (χ2n) is 13.4. The number of carbonyl (C=O) groups excluding carboxylic acids is 1. The van der Waals surface area contributed by atoms with Crippen LogP contribution >= 0.6 is 0 Å². The lowest BCUT2D eigenvalue weighted by Gasteiger charge is -2.34. The van der Waals surface area contributed by atoms with Gasteiger partial charge in [-0.2, -0.15) is 39.5 Å². The van der Waals surface area contributed by atoms with Crippen LogP contribution in [0.4, 0.5) is 48.3 Å². The van der Waals surface area contributed by atoms with Gasteiger partial charge in [0.1, 0.15) is 29.5 Å².